The molecular weight excluding hydrogens is 354 g/mol. The first kappa shape index (κ1) is 19.4. The number of ether oxygens (including phenoxy) is 1. The van der Waals surface area contributed by atoms with E-state index in [0.717, 1.165) is 22.4 Å². The highest BCUT2D eigenvalue weighted by Crippen LogP contribution is 2.19. The van der Waals surface area contributed by atoms with E-state index in [2.05, 4.69) is 10.4 Å². The van der Waals surface area contributed by atoms with E-state index in [0.29, 0.717) is 18.7 Å². The van der Waals surface area contributed by atoms with Crippen molar-refractivity contribution in [3.63, 3.8) is 0 Å². The van der Waals surface area contributed by atoms with Crippen LogP contribution in [0.15, 0.2) is 65.5 Å². The Kier molecular flexibility index (Phi) is 6.22. The maximum Gasteiger partial charge on any atom is 0.267 e. The lowest BCUT2D eigenvalue weighted by molar-refractivity contribution is -0.121. The van der Waals surface area contributed by atoms with Gasteiger partial charge in [-0.15, -0.1) is 0 Å². The lowest BCUT2D eigenvalue weighted by atomic mass is 10.1. The minimum atomic E-state index is -0.303. The van der Waals surface area contributed by atoms with Crippen LogP contribution in [0.5, 0.6) is 5.75 Å². The Balaban J connectivity index is 1.61. The molecule has 6 nitrogen and oxygen atoms in total. The van der Waals surface area contributed by atoms with Gasteiger partial charge in [0.05, 0.1) is 12.8 Å². The van der Waals surface area contributed by atoms with Crippen LogP contribution < -0.4 is 15.6 Å². The number of aryl methyl sites for hydroxylation is 1. The second-order valence-electron chi connectivity index (χ2n) is 6.48. The van der Waals surface area contributed by atoms with Gasteiger partial charge in [-0.2, -0.15) is 5.10 Å². The molecule has 0 bridgehead atoms. The molecule has 0 aliphatic heterocycles. The van der Waals surface area contributed by atoms with Gasteiger partial charge in [0.25, 0.3) is 5.56 Å². The van der Waals surface area contributed by atoms with Gasteiger partial charge in [0.1, 0.15) is 12.3 Å². The summed E-state index contributed by atoms with van der Waals surface area (Å²) in [7, 11) is 1.62. The number of hydrogen-bond acceptors (Lipinski definition) is 4. The average molecular weight is 377 g/mol. The van der Waals surface area contributed by atoms with Crippen molar-refractivity contribution in [2.45, 2.75) is 19.9 Å². The summed E-state index contributed by atoms with van der Waals surface area (Å²) in [5, 5.41) is 7.19. The Morgan fingerprint density at radius 1 is 1.07 bits per heavy atom. The predicted octanol–water partition coefficient (Wildman–Crippen LogP) is 2.59. The average Bonchev–Trinajstić information content (AvgIpc) is 2.71. The molecule has 1 aromatic heterocycles. The Bertz CT molecular complexity index is 1010. The summed E-state index contributed by atoms with van der Waals surface area (Å²) in [5.74, 6) is 0.553. The summed E-state index contributed by atoms with van der Waals surface area (Å²) < 4.78 is 6.33. The first-order valence-electron chi connectivity index (χ1n) is 9.10. The Labute approximate surface area is 163 Å². The number of nitrogens with one attached hydrogen (secondary N) is 1. The minimum absolute atomic E-state index is 0.110. The van der Waals surface area contributed by atoms with E-state index in [1.54, 1.807) is 13.2 Å². The van der Waals surface area contributed by atoms with Crippen molar-refractivity contribution in [3.05, 3.63) is 82.1 Å². The zero-order valence-corrected chi connectivity index (χ0v) is 16.0. The Morgan fingerprint density at radius 2 is 1.82 bits per heavy atom. The molecule has 0 aliphatic carbocycles. The molecule has 1 amide bonds. The predicted molar refractivity (Wildman–Crippen MR) is 108 cm³/mol. The summed E-state index contributed by atoms with van der Waals surface area (Å²) in [5.41, 5.74) is 3.46. The molecule has 0 atom stereocenters. The molecule has 1 N–H and O–H groups in total. The zero-order chi connectivity index (χ0) is 19.9. The van der Waals surface area contributed by atoms with Crippen LogP contribution in [0.1, 0.15) is 11.1 Å². The van der Waals surface area contributed by atoms with E-state index in [4.69, 9.17) is 4.74 Å². The van der Waals surface area contributed by atoms with E-state index in [9.17, 15) is 9.59 Å². The summed E-state index contributed by atoms with van der Waals surface area (Å²) in [6.07, 6.45) is 0.696. The number of methoxy groups -OCH3 is 1. The van der Waals surface area contributed by atoms with Crippen molar-refractivity contribution >= 4 is 5.91 Å². The number of carbonyl (C=O) groups excluding carboxylic acids is 1. The highest BCUT2D eigenvalue weighted by Gasteiger charge is 2.09. The minimum Gasteiger partial charge on any atom is -0.497 e. The molecule has 0 saturated carbocycles. The van der Waals surface area contributed by atoms with Gasteiger partial charge in [0.15, 0.2) is 0 Å². The van der Waals surface area contributed by atoms with Crippen molar-refractivity contribution in [3.8, 4) is 17.0 Å². The third kappa shape index (κ3) is 4.85. The van der Waals surface area contributed by atoms with Gasteiger partial charge in [-0.05, 0) is 42.7 Å². The number of aromatic nitrogens is 2. The highest BCUT2D eigenvalue weighted by atomic mass is 16.5. The van der Waals surface area contributed by atoms with E-state index >= 15 is 0 Å². The van der Waals surface area contributed by atoms with Crippen molar-refractivity contribution in [2.24, 2.45) is 0 Å². The molecular formula is C22H23N3O3. The van der Waals surface area contributed by atoms with E-state index in [1.165, 1.54) is 10.7 Å². The number of nitrogens with zero attached hydrogens (tertiary/aromatic N) is 2. The molecule has 0 saturated heterocycles. The lowest BCUT2D eigenvalue weighted by Crippen LogP contribution is -2.34. The van der Waals surface area contributed by atoms with E-state index in [-0.39, 0.29) is 18.0 Å². The van der Waals surface area contributed by atoms with Crippen LogP contribution in [0, 0.1) is 6.92 Å². The number of rotatable bonds is 7. The standard InChI is InChI=1S/C22H23N3O3/c1-16-5-3-4-6-19(16)20-11-12-22(27)25(24-20)15-21(26)23-14-13-17-7-9-18(28-2)10-8-17/h3-12H,13-15H2,1-2H3,(H,23,26). The third-order valence-corrected chi connectivity index (χ3v) is 4.48. The van der Waals surface area contributed by atoms with Crippen LogP contribution >= 0.6 is 0 Å². The van der Waals surface area contributed by atoms with Crippen molar-refractivity contribution in [2.75, 3.05) is 13.7 Å². The van der Waals surface area contributed by atoms with Crippen molar-refractivity contribution in [1.82, 2.24) is 15.1 Å². The maximum absolute atomic E-state index is 12.2. The van der Waals surface area contributed by atoms with E-state index < -0.39 is 0 Å². The molecule has 144 valence electrons. The highest BCUT2D eigenvalue weighted by molar-refractivity contribution is 5.75. The third-order valence-electron chi connectivity index (χ3n) is 4.48. The van der Waals surface area contributed by atoms with Crippen molar-refractivity contribution < 1.29 is 9.53 Å². The zero-order valence-electron chi connectivity index (χ0n) is 16.0. The molecule has 0 spiro atoms. The van der Waals surface area contributed by atoms with Gasteiger partial charge in [0.2, 0.25) is 5.91 Å². The summed E-state index contributed by atoms with van der Waals surface area (Å²) in [6, 6.07) is 18.6. The van der Waals surface area contributed by atoms with Crippen molar-refractivity contribution in [1.29, 1.82) is 0 Å². The number of amides is 1. The summed E-state index contributed by atoms with van der Waals surface area (Å²) in [4.78, 5) is 24.3. The molecule has 1 heterocycles. The van der Waals surface area contributed by atoms with Crippen LogP contribution in [-0.4, -0.2) is 29.3 Å². The summed E-state index contributed by atoms with van der Waals surface area (Å²) in [6.45, 7) is 2.36. The van der Waals surface area contributed by atoms with Gasteiger partial charge in [-0.25, -0.2) is 4.68 Å². The van der Waals surface area contributed by atoms with Crippen LogP contribution in [0.2, 0.25) is 0 Å². The molecule has 28 heavy (non-hydrogen) atoms. The van der Waals surface area contributed by atoms with Gasteiger partial charge in [-0.3, -0.25) is 9.59 Å². The largest absolute Gasteiger partial charge is 0.497 e. The second kappa shape index (κ2) is 8.99. The number of hydrogen-bond donors (Lipinski definition) is 1. The van der Waals surface area contributed by atoms with Gasteiger partial charge in [-0.1, -0.05) is 36.4 Å². The monoisotopic (exact) mass is 377 g/mol. The molecule has 0 aliphatic rings. The first-order valence-corrected chi connectivity index (χ1v) is 9.10. The quantitative estimate of drug-likeness (QED) is 0.687. The SMILES string of the molecule is COc1ccc(CCNC(=O)Cn2nc(-c3ccccc3C)ccc2=O)cc1. The Morgan fingerprint density at radius 3 is 2.54 bits per heavy atom. The summed E-state index contributed by atoms with van der Waals surface area (Å²) >= 11 is 0. The van der Waals surface area contributed by atoms with Gasteiger partial charge in [0, 0.05) is 18.2 Å². The van der Waals surface area contributed by atoms with Crippen LogP contribution in [-0.2, 0) is 17.8 Å². The fraction of sp³-hybridized carbons (Fsp3) is 0.227. The molecule has 3 rings (SSSR count). The molecule has 0 radical (unpaired) electrons. The molecule has 0 unspecified atom stereocenters. The van der Waals surface area contributed by atoms with Crippen LogP contribution in [0.4, 0.5) is 0 Å². The van der Waals surface area contributed by atoms with E-state index in [1.807, 2.05) is 55.5 Å². The maximum atomic E-state index is 12.2. The molecule has 2 aromatic carbocycles. The molecule has 6 heteroatoms. The lowest BCUT2D eigenvalue weighted by Gasteiger charge is -2.10. The topological polar surface area (TPSA) is 73.2 Å². The van der Waals surface area contributed by atoms with Crippen LogP contribution in [0.3, 0.4) is 0 Å². The first-order chi connectivity index (χ1) is 13.6. The van der Waals surface area contributed by atoms with Gasteiger partial charge < -0.3 is 10.1 Å². The second-order valence-corrected chi connectivity index (χ2v) is 6.48. The number of carbonyl (C=O) groups is 1. The Hall–Kier alpha value is -3.41. The fourth-order valence-corrected chi connectivity index (χ4v) is 2.90. The molecule has 3 aromatic rings. The number of benzene rings is 2. The van der Waals surface area contributed by atoms with Gasteiger partial charge >= 0.3 is 0 Å². The molecule has 0 fully saturated rings. The smallest absolute Gasteiger partial charge is 0.267 e. The fourth-order valence-electron chi connectivity index (χ4n) is 2.90. The van der Waals surface area contributed by atoms with Crippen LogP contribution in [0.25, 0.3) is 11.3 Å². The normalized spacial score (nSPS) is 10.5.